The van der Waals surface area contributed by atoms with Crippen molar-refractivity contribution < 1.29 is 28.8 Å². The number of nitrogens with zero attached hydrogens (tertiary/aromatic N) is 7. The van der Waals surface area contributed by atoms with E-state index in [0.29, 0.717) is 35.0 Å². The van der Waals surface area contributed by atoms with E-state index in [2.05, 4.69) is 69.8 Å². The molecule has 0 aliphatic heterocycles. The molecular formula is C30H35F2N11O3S. The number of aromatic amines is 2. The second-order valence-corrected chi connectivity index (χ2v) is 10.8. The van der Waals surface area contributed by atoms with Crippen LogP contribution in [-0.2, 0) is 16.0 Å². The van der Waals surface area contributed by atoms with Crippen LogP contribution in [0.1, 0.15) is 36.2 Å². The van der Waals surface area contributed by atoms with E-state index < -0.39 is 24.1 Å². The Labute approximate surface area is 276 Å². The monoisotopic (exact) mass is 667 g/mol. The molecule has 17 heteroatoms. The fraction of sp³-hybridized carbons (Fsp3) is 0.167. The van der Waals surface area contributed by atoms with Gasteiger partial charge < -0.3 is 4.74 Å². The van der Waals surface area contributed by atoms with Crippen molar-refractivity contribution in [2.24, 2.45) is 0 Å². The van der Waals surface area contributed by atoms with E-state index in [0.717, 1.165) is 22.8 Å². The summed E-state index contributed by atoms with van der Waals surface area (Å²) in [6.45, 7) is 3.68. The highest BCUT2D eigenvalue weighted by molar-refractivity contribution is 7.09. The van der Waals surface area contributed by atoms with E-state index in [-0.39, 0.29) is 35.7 Å². The number of nitrogens with one attached hydrogen (secondary N) is 4. The molecule has 0 fully saturated rings. The average Bonchev–Trinajstić information content (AvgIpc) is 3.84. The average molecular weight is 668 g/mol. The van der Waals surface area contributed by atoms with E-state index in [4.69, 9.17) is 4.74 Å². The predicted octanol–water partition coefficient (Wildman–Crippen LogP) is 5.77. The van der Waals surface area contributed by atoms with E-state index >= 15 is 0 Å². The van der Waals surface area contributed by atoms with Crippen LogP contribution in [-0.4, -0.2) is 63.7 Å². The number of aromatic nitrogens is 9. The van der Waals surface area contributed by atoms with Gasteiger partial charge in [0, 0.05) is 35.5 Å². The van der Waals surface area contributed by atoms with Crippen molar-refractivity contribution in [3.8, 4) is 28.8 Å². The Balaban J connectivity index is 0.000000473. The molecule has 0 aliphatic rings. The summed E-state index contributed by atoms with van der Waals surface area (Å²) >= 11 is 1.57. The molecule has 0 atom stereocenters. The lowest BCUT2D eigenvalue weighted by molar-refractivity contribution is -0.118. The van der Waals surface area contributed by atoms with Crippen molar-refractivity contribution in [3.05, 3.63) is 94.7 Å². The van der Waals surface area contributed by atoms with E-state index in [1.54, 1.807) is 41.9 Å². The van der Waals surface area contributed by atoms with Gasteiger partial charge in [0.25, 0.3) is 5.91 Å². The van der Waals surface area contributed by atoms with Crippen LogP contribution in [0.15, 0.2) is 72.4 Å². The van der Waals surface area contributed by atoms with Crippen LogP contribution >= 0.6 is 11.3 Å². The number of hydrogen-bond donors (Lipinski definition) is 4. The number of carbonyl (C=O) groups is 2. The molecule has 0 aliphatic carbocycles. The largest absolute Gasteiger partial charge is 0.481 e. The van der Waals surface area contributed by atoms with Gasteiger partial charge in [-0.1, -0.05) is 26.0 Å². The lowest BCUT2D eigenvalue weighted by atomic mass is 10.2. The molecule has 6 aromatic rings. The van der Waals surface area contributed by atoms with Crippen molar-refractivity contribution in [1.29, 1.82) is 0 Å². The molecule has 14 nitrogen and oxygen atoms in total. The minimum atomic E-state index is -0.891. The van der Waals surface area contributed by atoms with Gasteiger partial charge in [-0.3, -0.25) is 40.4 Å². The third-order valence-electron chi connectivity index (χ3n) is 5.95. The molecule has 4 N–H and O–H groups in total. The second kappa shape index (κ2) is 15.3. The van der Waals surface area contributed by atoms with Crippen molar-refractivity contribution in [1.82, 2.24) is 45.3 Å². The van der Waals surface area contributed by atoms with Gasteiger partial charge in [-0.2, -0.15) is 9.97 Å². The molecule has 1 aromatic carbocycles. The number of rotatable bonds is 10. The Morgan fingerprint density at radius 3 is 2.02 bits per heavy atom. The van der Waals surface area contributed by atoms with Crippen LogP contribution in [0.25, 0.3) is 23.0 Å². The highest BCUT2D eigenvalue weighted by Gasteiger charge is 2.14. The summed E-state index contributed by atoms with van der Waals surface area (Å²) in [5.74, 6) is -1.11. The standard InChI is InChI=1S/C15H11F2N5O2.C15H16N6OS.4H2/c16-9-4-5-12(10(17)7-9)24-8-13(23)19-15-20-14(21-22-15)11-3-1-2-6-18-11;1-9(2)14-17-10(8-23-14)7-12(22)18-15-19-13(20-21-15)11-5-3-4-6-16-11;;;;/h1-7H,8H2,(H2,19,20,21,22,23);3-6,8-9H,7H2,1-2H3,(H2,18,19,20,21,22);4*1H. The summed E-state index contributed by atoms with van der Waals surface area (Å²) in [5, 5.41) is 21.2. The number of H-pyrrole nitrogens is 2. The van der Waals surface area contributed by atoms with Crippen LogP contribution in [0.5, 0.6) is 5.75 Å². The molecule has 248 valence electrons. The number of amides is 2. The first kappa shape index (κ1) is 32.4. The number of pyridine rings is 2. The van der Waals surface area contributed by atoms with Crippen LogP contribution < -0.4 is 15.4 Å². The zero-order valence-corrected chi connectivity index (χ0v) is 25.8. The van der Waals surface area contributed by atoms with Crippen molar-refractivity contribution in [2.75, 3.05) is 17.2 Å². The van der Waals surface area contributed by atoms with Gasteiger partial charge in [0.1, 0.15) is 17.2 Å². The predicted molar refractivity (Wildman–Crippen MR) is 177 cm³/mol. The summed E-state index contributed by atoms with van der Waals surface area (Å²) in [6.07, 6.45) is 3.47. The summed E-state index contributed by atoms with van der Waals surface area (Å²) in [4.78, 5) is 44.8. The normalized spacial score (nSPS) is 10.7. The van der Waals surface area contributed by atoms with E-state index in [1.807, 2.05) is 23.6 Å². The maximum Gasteiger partial charge on any atom is 0.264 e. The summed E-state index contributed by atoms with van der Waals surface area (Å²) in [6, 6.07) is 13.6. The van der Waals surface area contributed by atoms with Gasteiger partial charge >= 0.3 is 0 Å². The number of thiazole rings is 1. The number of halogens is 2. The Hall–Kier alpha value is -5.97. The summed E-state index contributed by atoms with van der Waals surface area (Å²) in [5.41, 5.74) is 1.99. The van der Waals surface area contributed by atoms with Crippen molar-refractivity contribution in [3.63, 3.8) is 0 Å². The van der Waals surface area contributed by atoms with Crippen molar-refractivity contribution in [2.45, 2.75) is 26.2 Å². The fourth-order valence-electron chi connectivity index (χ4n) is 3.77. The minimum absolute atomic E-state index is 0. The lowest BCUT2D eigenvalue weighted by Gasteiger charge is -2.06. The highest BCUT2D eigenvalue weighted by Crippen LogP contribution is 2.20. The molecule has 0 saturated carbocycles. The molecule has 0 saturated heterocycles. The highest BCUT2D eigenvalue weighted by atomic mass is 32.1. The third kappa shape index (κ3) is 9.27. The minimum Gasteiger partial charge on any atom is -0.481 e. The molecule has 5 heterocycles. The first-order valence-electron chi connectivity index (χ1n) is 14.0. The molecule has 5 aromatic heterocycles. The quantitative estimate of drug-likeness (QED) is 0.139. The van der Waals surface area contributed by atoms with Crippen LogP contribution in [0.2, 0.25) is 0 Å². The topological polar surface area (TPSA) is 189 Å². The summed E-state index contributed by atoms with van der Waals surface area (Å²) in [7, 11) is 0. The molecular weight excluding hydrogens is 632 g/mol. The van der Waals surface area contributed by atoms with Gasteiger partial charge in [-0.25, -0.2) is 13.8 Å². The SMILES string of the molecule is CC(C)c1nc(CC(=O)Nc2n[nH]c(-c3ccccn3)n2)cs1.O=C(COc1ccc(F)cc1F)Nc1n[nH]c(-c2ccccn2)n1.[HH].[HH].[HH].[HH]. The molecule has 6 rings (SSSR count). The third-order valence-corrected chi connectivity index (χ3v) is 7.14. The maximum absolute atomic E-state index is 13.4. The maximum atomic E-state index is 13.4. The Bertz CT molecular complexity index is 1950. The summed E-state index contributed by atoms with van der Waals surface area (Å²) < 4.78 is 31.1. The molecule has 0 unspecified atom stereocenters. The number of carbonyl (C=O) groups excluding carboxylic acids is 2. The van der Waals surface area contributed by atoms with E-state index in [1.165, 1.54) is 0 Å². The first-order valence-corrected chi connectivity index (χ1v) is 14.9. The van der Waals surface area contributed by atoms with E-state index in [9.17, 15) is 18.4 Å². The molecule has 0 bridgehead atoms. The second-order valence-electron chi connectivity index (χ2n) is 9.91. The van der Waals surface area contributed by atoms with Gasteiger partial charge in [0.05, 0.1) is 17.1 Å². The molecule has 2 amide bonds. The first-order chi connectivity index (χ1) is 22.7. The zero-order valence-electron chi connectivity index (χ0n) is 24.9. The van der Waals surface area contributed by atoms with Gasteiger partial charge in [0.15, 0.2) is 29.8 Å². The van der Waals surface area contributed by atoms with Gasteiger partial charge in [0.2, 0.25) is 17.8 Å². The molecule has 47 heavy (non-hydrogen) atoms. The number of ether oxygens (including phenoxy) is 1. The lowest BCUT2D eigenvalue weighted by Crippen LogP contribution is -2.21. The fourth-order valence-corrected chi connectivity index (χ4v) is 4.60. The zero-order chi connectivity index (χ0) is 33.2. The smallest absolute Gasteiger partial charge is 0.264 e. The van der Waals surface area contributed by atoms with Gasteiger partial charge in [-0.05, 0) is 36.4 Å². The number of anilines is 2. The Morgan fingerprint density at radius 2 is 1.49 bits per heavy atom. The van der Waals surface area contributed by atoms with Crippen LogP contribution in [0.3, 0.4) is 0 Å². The Morgan fingerprint density at radius 1 is 0.872 bits per heavy atom. The number of benzene rings is 1. The molecule has 0 spiro atoms. The van der Waals surface area contributed by atoms with Crippen LogP contribution in [0, 0.1) is 11.6 Å². The van der Waals surface area contributed by atoms with Gasteiger partial charge in [-0.15, -0.1) is 21.5 Å². The van der Waals surface area contributed by atoms with Crippen molar-refractivity contribution >= 4 is 35.0 Å². The molecule has 0 radical (unpaired) electrons. The van der Waals surface area contributed by atoms with Crippen LogP contribution in [0.4, 0.5) is 20.7 Å². The Kier molecular flexibility index (Phi) is 10.6. The number of hydrogen-bond acceptors (Lipinski definition) is 11.